The molecule has 0 unspecified atom stereocenters. The van der Waals surface area contributed by atoms with E-state index in [0.717, 1.165) is 32.4 Å². The van der Waals surface area contributed by atoms with Crippen molar-refractivity contribution in [2.45, 2.75) is 33.1 Å². The smallest absolute Gasteiger partial charge is 0.0261 e. The van der Waals surface area contributed by atoms with E-state index in [1.165, 1.54) is 10.6 Å². The Morgan fingerprint density at radius 1 is 1.12 bits per heavy atom. The third-order valence-electron chi connectivity index (χ3n) is 2.55. The fraction of sp³-hybridized carbons (Fsp3) is 0.571. The van der Waals surface area contributed by atoms with Gasteiger partial charge in [0.2, 0.25) is 0 Å². The van der Waals surface area contributed by atoms with E-state index in [4.69, 9.17) is 0 Å². The second-order valence-corrected chi connectivity index (χ2v) is 4.75. The second-order valence-electron chi connectivity index (χ2n) is 4.75. The molecule has 0 aliphatic heterocycles. The van der Waals surface area contributed by atoms with Gasteiger partial charge in [0.1, 0.15) is 0 Å². The van der Waals surface area contributed by atoms with Crippen molar-refractivity contribution in [2.24, 2.45) is 5.92 Å². The van der Waals surface area contributed by atoms with Crippen molar-refractivity contribution in [1.82, 2.24) is 5.06 Å². The fourth-order valence-electron chi connectivity index (χ4n) is 1.78. The third kappa shape index (κ3) is 5.89. The van der Waals surface area contributed by atoms with E-state index in [-0.39, 0.29) is 0 Å². The number of benzene rings is 1. The maximum atomic E-state index is 9.55. The summed E-state index contributed by atoms with van der Waals surface area (Å²) in [5.74, 6) is 0.527. The van der Waals surface area contributed by atoms with Crippen LogP contribution < -0.4 is 0 Å². The highest BCUT2D eigenvalue weighted by Gasteiger charge is 2.02. The average molecular weight is 221 g/mol. The summed E-state index contributed by atoms with van der Waals surface area (Å²) in [6.07, 6.45) is 3.30. The number of hydroxylamine groups is 2. The molecule has 0 atom stereocenters. The molecule has 1 N–H and O–H groups in total. The van der Waals surface area contributed by atoms with Crippen molar-refractivity contribution in [1.29, 1.82) is 0 Å². The van der Waals surface area contributed by atoms with E-state index in [9.17, 15) is 5.21 Å². The molecule has 0 heterocycles. The average Bonchev–Trinajstić information content (AvgIpc) is 2.25. The minimum absolute atomic E-state index is 0.527. The zero-order valence-corrected chi connectivity index (χ0v) is 10.4. The third-order valence-corrected chi connectivity index (χ3v) is 2.55. The van der Waals surface area contributed by atoms with Crippen LogP contribution in [0.15, 0.2) is 30.3 Å². The van der Waals surface area contributed by atoms with E-state index < -0.39 is 0 Å². The molecule has 0 radical (unpaired) electrons. The SMILES string of the molecule is CC(C)CN(O)CCCCc1ccccc1. The first-order valence-corrected chi connectivity index (χ1v) is 6.16. The minimum atomic E-state index is 0.527. The van der Waals surface area contributed by atoms with Crippen molar-refractivity contribution in [3.8, 4) is 0 Å². The maximum absolute atomic E-state index is 9.55. The minimum Gasteiger partial charge on any atom is -0.314 e. The van der Waals surface area contributed by atoms with E-state index in [1.807, 2.05) is 6.07 Å². The largest absolute Gasteiger partial charge is 0.314 e. The molecule has 0 fully saturated rings. The monoisotopic (exact) mass is 221 g/mol. The summed E-state index contributed by atoms with van der Waals surface area (Å²) < 4.78 is 0. The van der Waals surface area contributed by atoms with Crippen molar-refractivity contribution >= 4 is 0 Å². The lowest BCUT2D eigenvalue weighted by molar-refractivity contribution is -0.0991. The summed E-state index contributed by atoms with van der Waals surface area (Å²) in [7, 11) is 0. The summed E-state index contributed by atoms with van der Waals surface area (Å²) in [5, 5.41) is 11.0. The second kappa shape index (κ2) is 7.42. The van der Waals surface area contributed by atoms with Crippen LogP contribution in [0, 0.1) is 5.92 Å². The zero-order chi connectivity index (χ0) is 11.8. The number of hydrogen-bond acceptors (Lipinski definition) is 2. The van der Waals surface area contributed by atoms with Gasteiger partial charge in [-0.1, -0.05) is 44.2 Å². The molecule has 0 aliphatic rings. The summed E-state index contributed by atoms with van der Waals surface area (Å²) >= 11 is 0. The van der Waals surface area contributed by atoms with Gasteiger partial charge in [0, 0.05) is 13.1 Å². The molecule has 90 valence electrons. The van der Waals surface area contributed by atoms with Crippen LogP contribution in [-0.2, 0) is 6.42 Å². The van der Waals surface area contributed by atoms with Gasteiger partial charge in [0.15, 0.2) is 0 Å². The Balaban J connectivity index is 2.08. The van der Waals surface area contributed by atoms with Crippen LogP contribution in [0.4, 0.5) is 0 Å². The number of rotatable bonds is 7. The Bertz CT molecular complexity index is 271. The Labute approximate surface area is 98.9 Å². The molecule has 0 amide bonds. The highest BCUT2D eigenvalue weighted by atomic mass is 16.5. The Morgan fingerprint density at radius 3 is 2.44 bits per heavy atom. The van der Waals surface area contributed by atoms with Crippen LogP contribution in [0.3, 0.4) is 0 Å². The molecule has 1 aromatic carbocycles. The standard InChI is InChI=1S/C14H23NO/c1-13(2)12-15(16)11-7-6-10-14-8-4-3-5-9-14/h3-5,8-9,13,16H,6-7,10-12H2,1-2H3. The molecule has 0 bridgehead atoms. The first kappa shape index (κ1) is 13.2. The van der Waals surface area contributed by atoms with Gasteiger partial charge in [-0.15, -0.1) is 0 Å². The highest BCUT2D eigenvalue weighted by Crippen LogP contribution is 2.05. The van der Waals surface area contributed by atoms with Gasteiger partial charge in [0.05, 0.1) is 0 Å². The normalized spacial score (nSPS) is 11.3. The Kier molecular flexibility index (Phi) is 6.12. The van der Waals surface area contributed by atoms with Crippen LogP contribution in [0.25, 0.3) is 0 Å². The van der Waals surface area contributed by atoms with Gasteiger partial charge in [-0.05, 0) is 30.7 Å². The van der Waals surface area contributed by atoms with Crippen molar-refractivity contribution in [3.63, 3.8) is 0 Å². The first-order valence-electron chi connectivity index (χ1n) is 6.16. The molecular weight excluding hydrogens is 198 g/mol. The predicted octanol–water partition coefficient (Wildman–Crippen LogP) is 3.36. The van der Waals surface area contributed by atoms with Crippen molar-refractivity contribution in [2.75, 3.05) is 13.1 Å². The van der Waals surface area contributed by atoms with Gasteiger partial charge in [0.25, 0.3) is 0 Å². The molecule has 2 nitrogen and oxygen atoms in total. The van der Waals surface area contributed by atoms with Crippen LogP contribution in [0.5, 0.6) is 0 Å². The number of aryl methyl sites for hydroxylation is 1. The van der Waals surface area contributed by atoms with E-state index in [2.05, 4.69) is 38.1 Å². The number of nitrogens with zero attached hydrogens (tertiary/aromatic N) is 1. The summed E-state index contributed by atoms with van der Waals surface area (Å²) in [5.41, 5.74) is 1.39. The molecule has 0 saturated heterocycles. The van der Waals surface area contributed by atoms with Crippen LogP contribution >= 0.6 is 0 Å². The molecule has 1 aromatic rings. The Morgan fingerprint density at radius 2 is 1.81 bits per heavy atom. The molecular formula is C14H23NO. The van der Waals surface area contributed by atoms with Crippen LogP contribution in [0.1, 0.15) is 32.3 Å². The van der Waals surface area contributed by atoms with Gasteiger partial charge < -0.3 is 5.21 Å². The summed E-state index contributed by atoms with van der Waals surface area (Å²) in [6, 6.07) is 10.5. The Hall–Kier alpha value is -0.860. The number of unbranched alkanes of at least 4 members (excludes halogenated alkanes) is 1. The summed E-state index contributed by atoms with van der Waals surface area (Å²) in [4.78, 5) is 0. The topological polar surface area (TPSA) is 23.5 Å². The number of hydrogen-bond donors (Lipinski definition) is 1. The summed E-state index contributed by atoms with van der Waals surface area (Å²) in [6.45, 7) is 5.79. The molecule has 16 heavy (non-hydrogen) atoms. The zero-order valence-electron chi connectivity index (χ0n) is 10.4. The molecule has 0 aromatic heterocycles. The molecule has 0 spiro atoms. The quantitative estimate of drug-likeness (QED) is 0.564. The van der Waals surface area contributed by atoms with Crippen molar-refractivity contribution < 1.29 is 5.21 Å². The maximum Gasteiger partial charge on any atom is 0.0261 e. The van der Waals surface area contributed by atoms with Gasteiger partial charge in [-0.2, -0.15) is 5.06 Å². The lowest BCUT2D eigenvalue weighted by Crippen LogP contribution is -2.25. The van der Waals surface area contributed by atoms with E-state index in [0.29, 0.717) is 5.92 Å². The highest BCUT2D eigenvalue weighted by molar-refractivity contribution is 5.14. The van der Waals surface area contributed by atoms with Gasteiger partial charge >= 0.3 is 0 Å². The van der Waals surface area contributed by atoms with Gasteiger partial charge in [-0.3, -0.25) is 0 Å². The molecule has 0 saturated carbocycles. The molecule has 1 rings (SSSR count). The fourth-order valence-corrected chi connectivity index (χ4v) is 1.78. The van der Waals surface area contributed by atoms with Crippen LogP contribution in [0.2, 0.25) is 0 Å². The van der Waals surface area contributed by atoms with Gasteiger partial charge in [-0.25, -0.2) is 0 Å². The van der Waals surface area contributed by atoms with Crippen LogP contribution in [-0.4, -0.2) is 23.4 Å². The lowest BCUT2D eigenvalue weighted by Gasteiger charge is -2.16. The first-order chi connectivity index (χ1) is 7.68. The van der Waals surface area contributed by atoms with E-state index >= 15 is 0 Å². The predicted molar refractivity (Wildman–Crippen MR) is 67.6 cm³/mol. The molecule has 2 heteroatoms. The lowest BCUT2D eigenvalue weighted by atomic mass is 10.1. The van der Waals surface area contributed by atoms with E-state index in [1.54, 1.807) is 0 Å². The van der Waals surface area contributed by atoms with Crippen molar-refractivity contribution in [3.05, 3.63) is 35.9 Å². The molecule has 0 aliphatic carbocycles.